The van der Waals surface area contributed by atoms with Gasteiger partial charge in [0.2, 0.25) is 6.79 Å². The lowest BCUT2D eigenvalue weighted by molar-refractivity contribution is 0.0594. The minimum Gasteiger partial charge on any atom is -0.454 e. The number of benzene rings is 2. The third-order valence-electron chi connectivity index (χ3n) is 6.03. The summed E-state index contributed by atoms with van der Waals surface area (Å²) in [5, 5.41) is 3.17. The minimum absolute atomic E-state index is 0.154. The number of carbonyl (C=O) groups excluding carboxylic acids is 1. The number of amides is 1. The van der Waals surface area contributed by atoms with Crippen molar-refractivity contribution in [3.8, 4) is 22.9 Å². The van der Waals surface area contributed by atoms with E-state index in [0.717, 1.165) is 25.2 Å². The predicted molar refractivity (Wildman–Crippen MR) is 127 cm³/mol. The highest BCUT2D eigenvalue weighted by atomic mass is 19.1. The van der Waals surface area contributed by atoms with Crippen LogP contribution >= 0.6 is 0 Å². The zero-order valence-corrected chi connectivity index (χ0v) is 19.4. The van der Waals surface area contributed by atoms with Crippen LogP contribution in [0.3, 0.4) is 0 Å². The van der Waals surface area contributed by atoms with Crippen molar-refractivity contribution in [3.05, 3.63) is 60.0 Å². The summed E-state index contributed by atoms with van der Waals surface area (Å²) in [7, 11) is 1.68. The van der Waals surface area contributed by atoms with Crippen molar-refractivity contribution in [2.45, 2.75) is 0 Å². The Morgan fingerprint density at radius 3 is 2.63 bits per heavy atom. The van der Waals surface area contributed by atoms with Gasteiger partial charge in [-0.3, -0.25) is 9.69 Å². The fourth-order valence-electron chi connectivity index (χ4n) is 4.04. The molecular formula is C25H26FN5O4. The zero-order chi connectivity index (χ0) is 24.2. The molecule has 3 heterocycles. The van der Waals surface area contributed by atoms with E-state index < -0.39 is 0 Å². The van der Waals surface area contributed by atoms with Crippen LogP contribution in [-0.4, -0.2) is 78.9 Å². The van der Waals surface area contributed by atoms with Gasteiger partial charge in [-0.1, -0.05) is 0 Å². The molecule has 1 amide bonds. The van der Waals surface area contributed by atoms with Gasteiger partial charge >= 0.3 is 0 Å². The SMILES string of the molecule is COCCN1CCN(C(=O)c2cnc(-c3ccc4c(c3)OCO4)nc2Nc2ccc(F)cc2)CC1. The molecule has 3 aromatic rings. The Bertz CT molecular complexity index is 1200. The number of halogens is 1. The van der Waals surface area contributed by atoms with Crippen LogP contribution in [-0.2, 0) is 4.74 Å². The molecule has 0 atom stereocenters. The number of rotatable bonds is 7. The van der Waals surface area contributed by atoms with Gasteiger partial charge in [0.1, 0.15) is 17.2 Å². The number of piperazine rings is 1. The summed E-state index contributed by atoms with van der Waals surface area (Å²) in [6, 6.07) is 11.3. The molecule has 0 spiro atoms. The zero-order valence-electron chi connectivity index (χ0n) is 19.4. The van der Waals surface area contributed by atoms with Crippen LogP contribution in [0.2, 0.25) is 0 Å². The summed E-state index contributed by atoms with van der Waals surface area (Å²) in [6.45, 7) is 4.41. The first-order valence-electron chi connectivity index (χ1n) is 11.4. The molecule has 1 saturated heterocycles. The van der Waals surface area contributed by atoms with Crippen molar-refractivity contribution in [1.82, 2.24) is 19.8 Å². The first-order chi connectivity index (χ1) is 17.1. The number of nitrogens with one attached hydrogen (secondary N) is 1. The summed E-state index contributed by atoms with van der Waals surface area (Å²) in [6.07, 6.45) is 1.54. The van der Waals surface area contributed by atoms with Crippen LogP contribution in [0.15, 0.2) is 48.7 Å². The van der Waals surface area contributed by atoms with Crippen molar-refractivity contribution >= 4 is 17.4 Å². The summed E-state index contributed by atoms with van der Waals surface area (Å²) in [5.41, 5.74) is 1.69. The molecule has 10 heteroatoms. The molecule has 35 heavy (non-hydrogen) atoms. The molecule has 0 aliphatic carbocycles. The Hall–Kier alpha value is -3.76. The highest BCUT2D eigenvalue weighted by molar-refractivity contribution is 5.99. The smallest absolute Gasteiger partial charge is 0.259 e. The van der Waals surface area contributed by atoms with Crippen LogP contribution < -0.4 is 14.8 Å². The van der Waals surface area contributed by atoms with Gasteiger partial charge in [0.25, 0.3) is 5.91 Å². The summed E-state index contributed by atoms with van der Waals surface area (Å²) in [5.74, 6) is 1.56. The van der Waals surface area contributed by atoms with Gasteiger partial charge in [-0.2, -0.15) is 0 Å². The molecule has 2 aliphatic heterocycles. The number of carbonyl (C=O) groups is 1. The highest BCUT2D eigenvalue weighted by Crippen LogP contribution is 2.35. The molecule has 2 aromatic carbocycles. The van der Waals surface area contributed by atoms with Gasteiger partial charge in [0, 0.05) is 57.3 Å². The second-order valence-electron chi connectivity index (χ2n) is 8.28. The first kappa shape index (κ1) is 23.0. The Morgan fingerprint density at radius 1 is 1.09 bits per heavy atom. The van der Waals surface area contributed by atoms with Crippen molar-refractivity contribution in [2.24, 2.45) is 0 Å². The van der Waals surface area contributed by atoms with E-state index in [-0.39, 0.29) is 18.5 Å². The number of hydrogen-bond donors (Lipinski definition) is 1. The molecule has 0 radical (unpaired) electrons. The molecule has 2 aliphatic rings. The molecule has 0 unspecified atom stereocenters. The Kier molecular flexibility index (Phi) is 6.73. The van der Waals surface area contributed by atoms with Gasteiger partial charge in [-0.15, -0.1) is 0 Å². The van der Waals surface area contributed by atoms with Gasteiger partial charge in [-0.25, -0.2) is 14.4 Å². The standard InChI is InChI=1S/C25H26FN5O4/c1-33-13-12-30-8-10-31(11-9-30)25(32)20-15-27-23(17-2-7-21-22(14-17)35-16-34-21)29-24(20)28-19-5-3-18(26)4-6-19/h2-7,14-15H,8-13,16H2,1H3,(H,27,28,29). The molecule has 1 aromatic heterocycles. The lowest BCUT2D eigenvalue weighted by Gasteiger charge is -2.34. The van der Waals surface area contributed by atoms with Crippen LogP contribution in [0.1, 0.15) is 10.4 Å². The van der Waals surface area contributed by atoms with Crippen LogP contribution in [0.5, 0.6) is 11.5 Å². The van der Waals surface area contributed by atoms with Crippen molar-refractivity contribution in [3.63, 3.8) is 0 Å². The fourth-order valence-corrected chi connectivity index (χ4v) is 4.04. The maximum absolute atomic E-state index is 13.5. The Balaban J connectivity index is 1.42. The molecule has 1 N–H and O–H groups in total. The van der Waals surface area contributed by atoms with Crippen LogP contribution in [0.4, 0.5) is 15.9 Å². The molecule has 1 fully saturated rings. The van der Waals surface area contributed by atoms with Crippen molar-refractivity contribution in [1.29, 1.82) is 0 Å². The molecule has 9 nitrogen and oxygen atoms in total. The number of anilines is 2. The second kappa shape index (κ2) is 10.2. The number of hydrogen-bond acceptors (Lipinski definition) is 8. The van der Waals surface area contributed by atoms with Gasteiger partial charge < -0.3 is 24.4 Å². The lowest BCUT2D eigenvalue weighted by Crippen LogP contribution is -2.49. The second-order valence-corrected chi connectivity index (χ2v) is 8.28. The molecule has 182 valence electrons. The van der Waals surface area contributed by atoms with Gasteiger partial charge in [-0.05, 0) is 42.5 Å². The van der Waals surface area contributed by atoms with E-state index in [0.29, 0.717) is 54.1 Å². The first-order valence-corrected chi connectivity index (χ1v) is 11.4. The van der Waals surface area contributed by atoms with Crippen molar-refractivity contribution < 1.29 is 23.4 Å². The number of nitrogens with zero attached hydrogens (tertiary/aromatic N) is 4. The van der Waals surface area contributed by atoms with Crippen molar-refractivity contribution in [2.75, 3.05) is 58.6 Å². The van der Waals surface area contributed by atoms with Gasteiger partial charge in [0.15, 0.2) is 17.3 Å². The van der Waals surface area contributed by atoms with Crippen LogP contribution in [0.25, 0.3) is 11.4 Å². The van der Waals surface area contributed by atoms with E-state index in [1.165, 1.54) is 12.1 Å². The largest absolute Gasteiger partial charge is 0.454 e. The summed E-state index contributed by atoms with van der Waals surface area (Å²) in [4.78, 5) is 26.7. The van der Waals surface area contributed by atoms with E-state index in [2.05, 4.69) is 20.2 Å². The average Bonchev–Trinajstić information content (AvgIpc) is 3.37. The van der Waals surface area contributed by atoms with E-state index in [4.69, 9.17) is 14.2 Å². The topological polar surface area (TPSA) is 89.1 Å². The predicted octanol–water partition coefficient (Wildman–Crippen LogP) is 3.16. The Morgan fingerprint density at radius 2 is 1.86 bits per heavy atom. The molecule has 0 bridgehead atoms. The number of ether oxygens (including phenoxy) is 3. The lowest BCUT2D eigenvalue weighted by atomic mass is 10.1. The molecular weight excluding hydrogens is 453 g/mol. The monoisotopic (exact) mass is 479 g/mol. The third kappa shape index (κ3) is 5.18. The highest BCUT2D eigenvalue weighted by Gasteiger charge is 2.26. The van der Waals surface area contributed by atoms with E-state index in [9.17, 15) is 9.18 Å². The molecule has 5 rings (SSSR count). The maximum Gasteiger partial charge on any atom is 0.259 e. The third-order valence-corrected chi connectivity index (χ3v) is 6.03. The number of methoxy groups -OCH3 is 1. The summed E-state index contributed by atoms with van der Waals surface area (Å²) >= 11 is 0. The normalized spacial score (nSPS) is 15.3. The number of aromatic nitrogens is 2. The quantitative estimate of drug-likeness (QED) is 0.553. The van der Waals surface area contributed by atoms with E-state index in [1.807, 2.05) is 6.07 Å². The maximum atomic E-state index is 13.5. The summed E-state index contributed by atoms with van der Waals surface area (Å²) < 4.78 is 29.4. The van der Waals surface area contributed by atoms with Crippen LogP contribution in [0, 0.1) is 5.82 Å². The minimum atomic E-state index is -0.345. The van der Waals surface area contributed by atoms with E-state index in [1.54, 1.807) is 42.5 Å². The van der Waals surface area contributed by atoms with E-state index >= 15 is 0 Å². The van der Waals surface area contributed by atoms with Gasteiger partial charge in [0.05, 0.1) is 6.61 Å². The number of fused-ring (bicyclic) bond motifs is 1. The Labute approximate surface area is 202 Å². The average molecular weight is 480 g/mol. The fraction of sp³-hybridized carbons (Fsp3) is 0.320. The molecule has 0 saturated carbocycles.